The second-order valence-electron chi connectivity index (χ2n) is 4.02. The Labute approximate surface area is 127 Å². The lowest BCUT2D eigenvalue weighted by Gasteiger charge is -2.12. The molecule has 0 aliphatic rings. The van der Waals surface area contributed by atoms with E-state index < -0.39 is 0 Å². The Balaban J connectivity index is 2.39. The topological polar surface area (TPSA) is 57.4 Å². The van der Waals surface area contributed by atoms with Gasteiger partial charge in [-0.25, -0.2) is 4.98 Å². The third-order valence-electron chi connectivity index (χ3n) is 2.64. The maximum atomic E-state index is 6.19. The number of hydrogen-bond acceptors (Lipinski definition) is 4. The van der Waals surface area contributed by atoms with Crippen LogP contribution in [0.15, 0.2) is 30.3 Å². The third-order valence-corrected chi connectivity index (χ3v) is 3.23. The number of nitrogen functional groups attached to an aromatic ring is 1. The average Bonchev–Trinajstić information content (AvgIpc) is 2.44. The average molecular weight is 313 g/mol. The number of methoxy groups -OCH3 is 1. The number of nitrogens with two attached hydrogens (primary N) is 1. The van der Waals surface area contributed by atoms with Gasteiger partial charge in [-0.05, 0) is 18.2 Å². The Morgan fingerprint density at radius 1 is 1.15 bits per heavy atom. The van der Waals surface area contributed by atoms with Gasteiger partial charge >= 0.3 is 0 Å². The van der Waals surface area contributed by atoms with Crippen LogP contribution in [0.1, 0.15) is 0 Å². The van der Waals surface area contributed by atoms with Crippen molar-refractivity contribution < 1.29 is 9.47 Å². The largest absolute Gasteiger partial charge is 0.490 e. The minimum atomic E-state index is 0.234. The standard InChI is InChI=1S/C14H14Cl2N2O2/c1-19-6-7-20-12-5-3-2-4-9(12)13-10(15)8-11(16)14(17)18-13/h2-5,8H,6-7H2,1H3,(H2,17,18). The Bertz CT molecular complexity index is 606. The molecule has 6 heteroatoms. The molecule has 1 aromatic carbocycles. The van der Waals surface area contributed by atoms with E-state index in [0.717, 1.165) is 5.56 Å². The number of hydrogen-bond donors (Lipinski definition) is 1. The molecule has 0 fully saturated rings. The van der Waals surface area contributed by atoms with Gasteiger partial charge in [-0.2, -0.15) is 0 Å². The molecule has 0 spiro atoms. The summed E-state index contributed by atoms with van der Waals surface area (Å²) in [5, 5.41) is 0.753. The van der Waals surface area contributed by atoms with E-state index in [1.807, 2.05) is 24.3 Å². The van der Waals surface area contributed by atoms with Crippen LogP contribution in [0.4, 0.5) is 5.82 Å². The fourth-order valence-electron chi connectivity index (χ4n) is 1.69. The highest BCUT2D eigenvalue weighted by atomic mass is 35.5. The lowest BCUT2D eigenvalue weighted by atomic mass is 10.1. The van der Waals surface area contributed by atoms with Gasteiger partial charge in [0.05, 0.1) is 22.3 Å². The number of halogens is 2. The smallest absolute Gasteiger partial charge is 0.143 e. The zero-order valence-electron chi connectivity index (χ0n) is 10.9. The van der Waals surface area contributed by atoms with Crippen molar-refractivity contribution in [1.82, 2.24) is 4.98 Å². The van der Waals surface area contributed by atoms with E-state index in [1.165, 1.54) is 0 Å². The predicted molar refractivity (Wildman–Crippen MR) is 81.5 cm³/mol. The predicted octanol–water partition coefficient (Wildman–Crippen LogP) is 3.66. The maximum absolute atomic E-state index is 6.19. The Kier molecular flexibility index (Phi) is 5.06. The van der Waals surface area contributed by atoms with Crippen molar-refractivity contribution in [3.05, 3.63) is 40.4 Å². The fourth-order valence-corrected chi connectivity index (χ4v) is 2.15. The van der Waals surface area contributed by atoms with Crippen LogP contribution in [0.3, 0.4) is 0 Å². The molecule has 0 bridgehead atoms. The molecule has 106 valence electrons. The van der Waals surface area contributed by atoms with E-state index in [2.05, 4.69) is 4.98 Å². The number of rotatable bonds is 5. The van der Waals surface area contributed by atoms with Crippen LogP contribution >= 0.6 is 23.2 Å². The summed E-state index contributed by atoms with van der Waals surface area (Å²) in [5.74, 6) is 0.901. The molecule has 0 saturated heterocycles. The van der Waals surface area contributed by atoms with Crippen LogP contribution in [-0.4, -0.2) is 25.3 Å². The normalized spacial score (nSPS) is 10.6. The van der Waals surface area contributed by atoms with E-state index in [4.69, 9.17) is 38.4 Å². The summed E-state index contributed by atoms with van der Waals surface area (Å²) in [6.45, 7) is 0.937. The van der Waals surface area contributed by atoms with Crippen LogP contribution in [0, 0.1) is 0 Å². The van der Waals surface area contributed by atoms with Gasteiger partial charge in [0.15, 0.2) is 0 Å². The molecule has 0 amide bonds. The van der Waals surface area contributed by atoms with E-state index in [1.54, 1.807) is 13.2 Å². The first-order chi connectivity index (χ1) is 9.63. The van der Waals surface area contributed by atoms with E-state index in [-0.39, 0.29) is 5.82 Å². The summed E-state index contributed by atoms with van der Waals surface area (Å²) < 4.78 is 10.6. The van der Waals surface area contributed by atoms with Crippen molar-refractivity contribution in [2.45, 2.75) is 0 Å². The van der Waals surface area contributed by atoms with Crippen molar-refractivity contribution in [1.29, 1.82) is 0 Å². The minimum Gasteiger partial charge on any atom is -0.490 e. The van der Waals surface area contributed by atoms with Crippen LogP contribution < -0.4 is 10.5 Å². The van der Waals surface area contributed by atoms with Gasteiger partial charge in [-0.1, -0.05) is 35.3 Å². The van der Waals surface area contributed by atoms with Gasteiger partial charge in [-0.3, -0.25) is 0 Å². The monoisotopic (exact) mass is 312 g/mol. The van der Waals surface area contributed by atoms with E-state index >= 15 is 0 Å². The molecule has 0 saturated carbocycles. The molecule has 0 atom stereocenters. The SMILES string of the molecule is COCCOc1ccccc1-c1nc(N)c(Cl)cc1Cl. The molecule has 0 aliphatic carbocycles. The highest BCUT2D eigenvalue weighted by Crippen LogP contribution is 2.36. The van der Waals surface area contributed by atoms with Gasteiger partial charge in [-0.15, -0.1) is 0 Å². The van der Waals surface area contributed by atoms with Crippen LogP contribution in [0.25, 0.3) is 11.3 Å². The fraction of sp³-hybridized carbons (Fsp3) is 0.214. The molecule has 0 unspecified atom stereocenters. The van der Waals surface area contributed by atoms with Gasteiger partial charge in [0, 0.05) is 12.7 Å². The molecular formula is C14H14Cl2N2O2. The molecule has 2 aromatic rings. The van der Waals surface area contributed by atoms with Crippen LogP contribution in [0.2, 0.25) is 10.0 Å². The number of aromatic nitrogens is 1. The summed E-state index contributed by atoms with van der Waals surface area (Å²) in [4.78, 5) is 4.23. The summed E-state index contributed by atoms with van der Waals surface area (Å²) >= 11 is 12.1. The van der Waals surface area contributed by atoms with Gasteiger partial charge in [0.1, 0.15) is 18.2 Å². The van der Waals surface area contributed by atoms with Crippen molar-refractivity contribution in [2.24, 2.45) is 0 Å². The number of nitrogens with zero attached hydrogens (tertiary/aromatic N) is 1. The van der Waals surface area contributed by atoms with Crippen molar-refractivity contribution in [3.8, 4) is 17.0 Å². The summed E-state index contributed by atoms with van der Waals surface area (Å²) in [6, 6.07) is 9.03. The molecule has 0 radical (unpaired) electrons. The number of pyridine rings is 1. The lowest BCUT2D eigenvalue weighted by molar-refractivity contribution is 0.146. The van der Waals surface area contributed by atoms with E-state index in [0.29, 0.717) is 34.7 Å². The number of para-hydroxylation sites is 1. The number of ether oxygens (including phenoxy) is 2. The first-order valence-electron chi connectivity index (χ1n) is 5.96. The maximum Gasteiger partial charge on any atom is 0.143 e. The molecule has 2 rings (SSSR count). The zero-order chi connectivity index (χ0) is 14.5. The summed E-state index contributed by atoms with van der Waals surface area (Å²) in [7, 11) is 1.62. The minimum absolute atomic E-state index is 0.234. The molecule has 0 aliphatic heterocycles. The highest BCUT2D eigenvalue weighted by Gasteiger charge is 2.13. The van der Waals surface area contributed by atoms with Crippen LogP contribution in [0.5, 0.6) is 5.75 Å². The van der Waals surface area contributed by atoms with Gasteiger partial charge in [0.25, 0.3) is 0 Å². The van der Waals surface area contributed by atoms with Gasteiger partial charge < -0.3 is 15.2 Å². The Morgan fingerprint density at radius 2 is 1.90 bits per heavy atom. The first-order valence-corrected chi connectivity index (χ1v) is 6.71. The molecule has 1 heterocycles. The first kappa shape index (κ1) is 14.9. The van der Waals surface area contributed by atoms with E-state index in [9.17, 15) is 0 Å². The molecule has 4 nitrogen and oxygen atoms in total. The van der Waals surface area contributed by atoms with Gasteiger partial charge in [0.2, 0.25) is 0 Å². The number of benzene rings is 1. The summed E-state index contributed by atoms with van der Waals surface area (Å²) in [6.07, 6.45) is 0. The second-order valence-corrected chi connectivity index (χ2v) is 4.84. The number of anilines is 1. The molecular weight excluding hydrogens is 299 g/mol. The third kappa shape index (κ3) is 3.33. The highest BCUT2D eigenvalue weighted by molar-refractivity contribution is 6.37. The molecule has 20 heavy (non-hydrogen) atoms. The Hall–Kier alpha value is -1.49. The van der Waals surface area contributed by atoms with Crippen LogP contribution in [-0.2, 0) is 4.74 Å². The lowest BCUT2D eigenvalue weighted by Crippen LogP contribution is -2.05. The van der Waals surface area contributed by atoms with Crippen molar-refractivity contribution in [2.75, 3.05) is 26.1 Å². The molecule has 2 N–H and O–H groups in total. The quantitative estimate of drug-likeness (QED) is 0.856. The molecule has 1 aromatic heterocycles. The Morgan fingerprint density at radius 3 is 2.65 bits per heavy atom. The van der Waals surface area contributed by atoms with Crippen molar-refractivity contribution in [3.63, 3.8) is 0 Å². The zero-order valence-corrected chi connectivity index (χ0v) is 12.4. The second kappa shape index (κ2) is 6.79. The summed E-state index contributed by atoms with van der Waals surface area (Å²) in [5.41, 5.74) is 7.04. The van der Waals surface area contributed by atoms with Crippen molar-refractivity contribution >= 4 is 29.0 Å².